The van der Waals surface area contributed by atoms with Crippen molar-refractivity contribution < 1.29 is 28.8 Å². The fraction of sp³-hybridized carbons (Fsp3) is 0.435. The van der Waals surface area contributed by atoms with Crippen molar-refractivity contribution in [2.75, 3.05) is 12.9 Å². The van der Waals surface area contributed by atoms with Crippen LogP contribution in [0.25, 0.3) is 0 Å². The van der Waals surface area contributed by atoms with Crippen LogP contribution in [0.3, 0.4) is 0 Å². The van der Waals surface area contributed by atoms with Crippen LogP contribution in [0.2, 0.25) is 0 Å². The second-order valence-electron chi connectivity index (χ2n) is 6.92. The highest BCUT2D eigenvalue weighted by Gasteiger charge is 2.50. The second-order valence-corrected chi connectivity index (χ2v) is 8.29. The SMILES string of the molecule is CCS[C@@H]1O[C@H](C(=O)OC)[C@@H](O)[C@H](OCc2ccccc2)[C@H]1OCc1ccccc1. The van der Waals surface area contributed by atoms with Crippen LogP contribution in [0, 0.1) is 0 Å². The molecule has 1 N–H and O–H groups in total. The number of carbonyl (C=O) groups is 1. The third-order valence-corrected chi connectivity index (χ3v) is 5.90. The van der Waals surface area contributed by atoms with E-state index in [0.29, 0.717) is 6.61 Å². The maximum atomic E-state index is 12.2. The number of rotatable bonds is 9. The van der Waals surface area contributed by atoms with E-state index >= 15 is 0 Å². The first-order valence-electron chi connectivity index (χ1n) is 9.98. The maximum absolute atomic E-state index is 12.2. The molecule has 3 rings (SSSR count). The molecule has 6 nitrogen and oxygen atoms in total. The maximum Gasteiger partial charge on any atom is 0.337 e. The molecule has 1 saturated heterocycles. The van der Waals surface area contributed by atoms with Gasteiger partial charge in [0.2, 0.25) is 0 Å². The van der Waals surface area contributed by atoms with Gasteiger partial charge in [-0.15, -0.1) is 11.8 Å². The molecule has 1 aliphatic heterocycles. The molecule has 0 radical (unpaired) electrons. The molecule has 0 saturated carbocycles. The minimum Gasteiger partial charge on any atom is -0.467 e. The van der Waals surface area contributed by atoms with Gasteiger partial charge in [-0.05, 0) is 16.9 Å². The van der Waals surface area contributed by atoms with Crippen LogP contribution in [0.1, 0.15) is 18.1 Å². The number of aliphatic hydroxyl groups excluding tert-OH is 1. The van der Waals surface area contributed by atoms with E-state index in [1.54, 1.807) is 0 Å². The Morgan fingerprint density at radius 3 is 2.00 bits per heavy atom. The van der Waals surface area contributed by atoms with Crippen molar-refractivity contribution >= 4 is 17.7 Å². The van der Waals surface area contributed by atoms with Crippen molar-refractivity contribution in [1.29, 1.82) is 0 Å². The summed E-state index contributed by atoms with van der Waals surface area (Å²) in [7, 11) is 1.28. The average molecular weight is 433 g/mol. The number of benzene rings is 2. The third kappa shape index (κ3) is 5.83. The summed E-state index contributed by atoms with van der Waals surface area (Å²) < 4.78 is 23.0. The first-order valence-corrected chi connectivity index (χ1v) is 11.0. The number of aliphatic hydroxyl groups is 1. The summed E-state index contributed by atoms with van der Waals surface area (Å²) in [5.41, 5.74) is 1.49. The summed E-state index contributed by atoms with van der Waals surface area (Å²) in [5, 5.41) is 10.9. The molecule has 0 spiro atoms. The summed E-state index contributed by atoms with van der Waals surface area (Å²) in [4.78, 5) is 12.2. The molecule has 0 amide bonds. The number of ether oxygens (including phenoxy) is 4. The number of methoxy groups -OCH3 is 1. The van der Waals surface area contributed by atoms with E-state index in [1.165, 1.54) is 18.9 Å². The summed E-state index contributed by atoms with van der Waals surface area (Å²) in [6, 6.07) is 19.4. The lowest BCUT2D eigenvalue weighted by Gasteiger charge is -2.43. The Labute approximate surface area is 181 Å². The van der Waals surface area contributed by atoms with E-state index in [2.05, 4.69) is 0 Å². The van der Waals surface area contributed by atoms with E-state index in [0.717, 1.165) is 16.9 Å². The smallest absolute Gasteiger partial charge is 0.337 e. The first kappa shape index (κ1) is 22.8. The zero-order valence-corrected chi connectivity index (χ0v) is 18.0. The van der Waals surface area contributed by atoms with Crippen LogP contribution in [-0.4, -0.2) is 53.8 Å². The molecular formula is C23H28O6S. The molecule has 0 aromatic heterocycles. The fourth-order valence-corrected chi connectivity index (χ4v) is 4.28. The quantitative estimate of drug-likeness (QED) is 0.610. The second kappa shape index (κ2) is 11.5. The Kier molecular flexibility index (Phi) is 8.72. The van der Waals surface area contributed by atoms with E-state index < -0.39 is 35.8 Å². The highest BCUT2D eigenvalue weighted by atomic mass is 32.2. The lowest BCUT2D eigenvalue weighted by atomic mass is 9.99. The van der Waals surface area contributed by atoms with Crippen LogP contribution >= 0.6 is 11.8 Å². The van der Waals surface area contributed by atoms with E-state index in [4.69, 9.17) is 18.9 Å². The van der Waals surface area contributed by atoms with Crippen molar-refractivity contribution in [3.8, 4) is 0 Å². The molecule has 1 aliphatic rings. The number of esters is 1. The minimum absolute atomic E-state index is 0.283. The van der Waals surface area contributed by atoms with E-state index in [9.17, 15) is 9.90 Å². The van der Waals surface area contributed by atoms with Crippen LogP contribution < -0.4 is 0 Å². The summed E-state index contributed by atoms with van der Waals surface area (Å²) in [5.74, 6) is 0.129. The topological polar surface area (TPSA) is 74.2 Å². The van der Waals surface area contributed by atoms with Crippen LogP contribution in [0.4, 0.5) is 0 Å². The third-order valence-electron chi connectivity index (χ3n) is 4.85. The van der Waals surface area contributed by atoms with Crippen molar-refractivity contribution in [3.05, 3.63) is 71.8 Å². The minimum atomic E-state index is -1.21. The molecule has 2 aromatic rings. The number of carbonyl (C=O) groups excluding carboxylic acids is 1. The van der Waals surface area contributed by atoms with Gasteiger partial charge in [0.25, 0.3) is 0 Å². The fourth-order valence-electron chi connectivity index (χ4n) is 3.33. The lowest BCUT2D eigenvalue weighted by Crippen LogP contribution is -2.60. The molecule has 5 atom stereocenters. The Morgan fingerprint density at radius 1 is 0.967 bits per heavy atom. The number of hydrogen-bond donors (Lipinski definition) is 1. The summed E-state index contributed by atoms with van der Waals surface area (Å²) in [6.45, 7) is 2.63. The summed E-state index contributed by atoms with van der Waals surface area (Å²) in [6.07, 6.45) is -3.65. The van der Waals surface area contributed by atoms with Crippen molar-refractivity contribution in [3.63, 3.8) is 0 Å². The van der Waals surface area contributed by atoms with Crippen LogP contribution in [0.15, 0.2) is 60.7 Å². The van der Waals surface area contributed by atoms with Gasteiger partial charge in [-0.25, -0.2) is 4.79 Å². The molecule has 162 valence electrons. The van der Waals surface area contributed by atoms with E-state index in [-0.39, 0.29) is 6.61 Å². The Balaban J connectivity index is 1.81. The van der Waals surface area contributed by atoms with Gasteiger partial charge in [-0.1, -0.05) is 67.6 Å². The summed E-state index contributed by atoms with van der Waals surface area (Å²) >= 11 is 1.51. The lowest BCUT2D eigenvalue weighted by molar-refractivity contribution is -0.236. The normalized spacial score (nSPS) is 26.3. The van der Waals surface area contributed by atoms with Gasteiger partial charge in [0.05, 0.1) is 20.3 Å². The zero-order chi connectivity index (χ0) is 21.3. The molecule has 0 unspecified atom stereocenters. The molecule has 0 bridgehead atoms. The molecule has 2 aromatic carbocycles. The van der Waals surface area contributed by atoms with Gasteiger partial charge in [-0.3, -0.25) is 0 Å². The van der Waals surface area contributed by atoms with Gasteiger partial charge < -0.3 is 24.1 Å². The Bertz CT molecular complexity index is 772. The van der Waals surface area contributed by atoms with Crippen LogP contribution in [0.5, 0.6) is 0 Å². The van der Waals surface area contributed by atoms with Gasteiger partial charge in [0.1, 0.15) is 23.7 Å². The molecular weight excluding hydrogens is 404 g/mol. The van der Waals surface area contributed by atoms with Gasteiger partial charge in [0.15, 0.2) is 6.10 Å². The Hall–Kier alpha value is -1.90. The zero-order valence-electron chi connectivity index (χ0n) is 17.2. The van der Waals surface area contributed by atoms with Gasteiger partial charge in [0, 0.05) is 0 Å². The molecule has 1 fully saturated rings. The largest absolute Gasteiger partial charge is 0.467 e. The van der Waals surface area contributed by atoms with Crippen molar-refractivity contribution in [2.24, 2.45) is 0 Å². The van der Waals surface area contributed by atoms with Gasteiger partial charge in [-0.2, -0.15) is 0 Å². The molecule has 7 heteroatoms. The van der Waals surface area contributed by atoms with Crippen molar-refractivity contribution in [1.82, 2.24) is 0 Å². The van der Waals surface area contributed by atoms with E-state index in [1.807, 2.05) is 67.6 Å². The number of hydrogen-bond acceptors (Lipinski definition) is 7. The van der Waals surface area contributed by atoms with Gasteiger partial charge >= 0.3 is 5.97 Å². The highest BCUT2D eigenvalue weighted by molar-refractivity contribution is 7.99. The number of thioether (sulfide) groups is 1. The predicted molar refractivity (Wildman–Crippen MR) is 115 cm³/mol. The molecule has 0 aliphatic carbocycles. The highest BCUT2D eigenvalue weighted by Crippen LogP contribution is 2.33. The molecule has 30 heavy (non-hydrogen) atoms. The van der Waals surface area contributed by atoms with Crippen LogP contribution in [-0.2, 0) is 37.0 Å². The average Bonchev–Trinajstić information content (AvgIpc) is 2.79. The van der Waals surface area contributed by atoms with Crippen molar-refractivity contribution in [2.45, 2.75) is 50.0 Å². The first-order chi connectivity index (χ1) is 14.6. The standard InChI is InChI=1S/C23H28O6S/c1-3-30-23-21(28-15-17-12-8-5-9-13-17)19(18(24)20(29-23)22(25)26-2)27-14-16-10-6-4-7-11-16/h4-13,18-21,23-24H,3,14-15H2,1-2H3/t18-,19-,20-,21+,23-/m0/s1. The monoisotopic (exact) mass is 432 g/mol. The predicted octanol–water partition coefficient (Wildman–Crippen LogP) is 3.17. The Morgan fingerprint density at radius 2 is 1.50 bits per heavy atom. The molecule has 1 heterocycles.